The van der Waals surface area contributed by atoms with Crippen LogP contribution in [0.25, 0.3) is 0 Å². The molecule has 0 aliphatic rings. The lowest BCUT2D eigenvalue weighted by Gasteiger charge is -2.17. The number of rotatable bonds is 5. The number of hydrogen-bond acceptors (Lipinski definition) is 5. The summed E-state index contributed by atoms with van der Waals surface area (Å²) in [7, 11) is 4.72. The molecule has 0 unspecified atom stereocenters. The average Bonchev–Trinajstić information content (AvgIpc) is 2.35. The predicted molar refractivity (Wildman–Crippen MR) is 69.3 cm³/mol. The van der Waals surface area contributed by atoms with Crippen molar-refractivity contribution in [1.29, 1.82) is 0 Å². The van der Waals surface area contributed by atoms with Crippen LogP contribution >= 0.6 is 12.4 Å². The second-order valence-electron chi connectivity index (χ2n) is 3.29. The van der Waals surface area contributed by atoms with Crippen LogP contribution in [0.5, 0.6) is 17.2 Å². The Kier molecular flexibility index (Phi) is 6.72. The number of benzene rings is 1. The monoisotopic (exact) mass is 262 g/mol. The van der Waals surface area contributed by atoms with Crippen LogP contribution in [0.2, 0.25) is 0 Å². The van der Waals surface area contributed by atoms with Crippen LogP contribution in [-0.4, -0.2) is 27.9 Å². The average molecular weight is 263 g/mol. The summed E-state index contributed by atoms with van der Waals surface area (Å²) in [6.07, 6.45) is 0. The van der Waals surface area contributed by atoms with Crippen molar-refractivity contribution in [2.45, 2.75) is 6.04 Å². The molecule has 0 aliphatic heterocycles. The van der Waals surface area contributed by atoms with Gasteiger partial charge in [-0.3, -0.25) is 0 Å². The first-order valence-electron chi connectivity index (χ1n) is 4.93. The first-order valence-corrected chi connectivity index (χ1v) is 4.93. The van der Waals surface area contributed by atoms with Gasteiger partial charge >= 0.3 is 0 Å². The second kappa shape index (κ2) is 7.21. The minimum Gasteiger partial charge on any atom is -0.496 e. The Morgan fingerprint density at radius 1 is 1.00 bits per heavy atom. The fourth-order valence-corrected chi connectivity index (χ4v) is 1.47. The first kappa shape index (κ1) is 15.8. The van der Waals surface area contributed by atoms with Crippen LogP contribution in [0.15, 0.2) is 12.1 Å². The van der Waals surface area contributed by atoms with Crippen LogP contribution in [0, 0.1) is 0 Å². The lowest BCUT2D eigenvalue weighted by molar-refractivity contribution is 0.346. The smallest absolute Gasteiger partial charge is 0.164 e. The molecule has 1 atom stereocenters. The van der Waals surface area contributed by atoms with Crippen LogP contribution in [0.1, 0.15) is 11.6 Å². The van der Waals surface area contributed by atoms with Crippen molar-refractivity contribution < 1.29 is 14.2 Å². The highest BCUT2D eigenvalue weighted by molar-refractivity contribution is 5.85. The fourth-order valence-electron chi connectivity index (χ4n) is 1.47. The van der Waals surface area contributed by atoms with E-state index in [1.54, 1.807) is 33.5 Å². The molecule has 0 aliphatic carbocycles. The molecular formula is C11H19ClN2O3. The summed E-state index contributed by atoms with van der Waals surface area (Å²) in [5.74, 6) is 1.87. The molecule has 0 amide bonds. The van der Waals surface area contributed by atoms with Gasteiger partial charge in [0.2, 0.25) is 0 Å². The topological polar surface area (TPSA) is 79.7 Å². The van der Waals surface area contributed by atoms with Crippen molar-refractivity contribution in [2.75, 3.05) is 27.9 Å². The van der Waals surface area contributed by atoms with Gasteiger partial charge in [-0.1, -0.05) is 0 Å². The molecule has 1 rings (SSSR count). The summed E-state index contributed by atoms with van der Waals surface area (Å²) < 4.78 is 15.6. The van der Waals surface area contributed by atoms with Crippen LogP contribution in [0.4, 0.5) is 0 Å². The summed E-state index contributed by atoms with van der Waals surface area (Å²) in [4.78, 5) is 0. The Labute approximate surface area is 107 Å². The van der Waals surface area contributed by atoms with Gasteiger partial charge in [-0.25, -0.2) is 0 Å². The maximum atomic E-state index is 5.88. The molecule has 1 aromatic carbocycles. The standard InChI is InChI=1S/C11H18N2O3.ClH/c1-14-9-5-11(16-3)10(15-2)4-7(9)8(13)6-12;/h4-5,8H,6,12-13H2,1-3H3;1H/t8-;/m1./s1. The van der Waals surface area contributed by atoms with Crippen LogP contribution < -0.4 is 25.7 Å². The fraction of sp³-hybridized carbons (Fsp3) is 0.455. The second-order valence-corrected chi connectivity index (χ2v) is 3.29. The molecule has 1 aromatic rings. The van der Waals surface area contributed by atoms with E-state index in [9.17, 15) is 0 Å². The van der Waals surface area contributed by atoms with E-state index in [-0.39, 0.29) is 18.4 Å². The van der Waals surface area contributed by atoms with Gasteiger partial charge in [0.15, 0.2) is 11.5 Å². The van der Waals surface area contributed by atoms with E-state index < -0.39 is 0 Å². The number of nitrogens with two attached hydrogens (primary N) is 2. The Morgan fingerprint density at radius 2 is 1.47 bits per heavy atom. The van der Waals surface area contributed by atoms with Crippen molar-refractivity contribution in [3.05, 3.63) is 17.7 Å². The number of ether oxygens (including phenoxy) is 3. The molecule has 0 heterocycles. The minimum absolute atomic E-state index is 0. The zero-order valence-electron chi connectivity index (χ0n) is 10.2. The predicted octanol–water partition coefficient (Wildman–Crippen LogP) is 1.09. The third-order valence-electron chi connectivity index (χ3n) is 2.39. The summed E-state index contributed by atoms with van der Waals surface area (Å²) in [5, 5.41) is 0. The number of halogens is 1. The molecule has 0 saturated heterocycles. The summed E-state index contributed by atoms with van der Waals surface area (Å²) in [6, 6.07) is 3.24. The Morgan fingerprint density at radius 3 is 1.88 bits per heavy atom. The normalized spacial score (nSPS) is 11.4. The Hall–Kier alpha value is -1.17. The first-order chi connectivity index (χ1) is 7.67. The van der Waals surface area contributed by atoms with E-state index in [0.29, 0.717) is 23.8 Å². The van der Waals surface area contributed by atoms with Gasteiger partial charge < -0.3 is 25.7 Å². The quantitative estimate of drug-likeness (QED) is 0.830. The molecule has 5 nitrogen and oxygen atoms in total. The van der Waals surface area contributed by atoms with E-state index in [4.69, 9.17) is 25.7 Å². The Bertz CT molecular complexity index is 361. The van der Waals surface area contributed by atoms with E-state index in [1.807, 2.05) is 0 Å². The van der Waals surface area contributed by atoms with E-state index in [1.165, 1.54) is 0 Å². The third kappa shape index (κ3) is 3.39. The number of methoxy groups -OCH3 is 3. The zero-order valence-corrected chi connectivity index (χ0v) is 11.0. The summed E-state index contributed by atoms with van der Waals surface area (Å²) in [5.41, 5.74) is 12.2. The molecule has 98 valence electrons. The van der Waals surface area contributed by atoms with Gasteiger partial charge in [0.25, 0.3) is 0 Å². The van der Waals surface area contributed by atoms with Gasteiger partial charge in [-0.2, -0.15) is 0 Å². The van der Waals surface area contributed by atoms with E-state index in [0.717, 1.165) is 5.56 Å². The molecule has 0 bridgehead atoms. The third-order valence-corrected chi connectivity index (χ3v) is 2.39. The van der Waals surface area contributed by atoms with Gasteiger partial charge in [-0.05, 0) is 6.07 Å². The van der Waals surface area contributed by atoms with Crippen molar-refractivity contribution in [3.8, 4) is 17.2 Å². The summed E-state index contributed by atoms with van der Waals surface area (Å²) >= 11 is 0. The highest BCUT2D eigenvalue weighted by atomic mass is 35.5. The summed E-state index contributed by atoms with van der Waals surface area (Å²) in [6.45, 7) is 0.339. The van der Waals surface area contributed by atoms with Crippen molar-refractivity contribution in [3.63, 3.8) is 0 Å². The SMILES string of the molecule is COc1cc(OC)c([C@H](N)CN)cc1OC.Cl. The molecule has 0 aromatic heterocycles. The van der Waals surface area contributed by atoms with Crippen LogP contribution in [0.3, 0.4) is 0 Å². The largest absolute Gasteiger partial charge is 0.496 e. The zero-order chi connectivity index (χ0) is 12.1. The maximum Gasteiger partial charge on any atom is 0.164 e. The van der Waals surface area contributed by atoms with Gasteiger partial charge in [-0.15, -0.1) is 12.4 Å². The van der Waals surface area contributed by atoms with E-state index >= 15 is 0 Å². The highest BCUT2D eigenvalue weighted by Crippen LogP contribution is 2.36. The molecule has 0 radical (unpaired) electrons. The molecule has 6 heteroatoms. The molecule has 4 N–H and O–H groups in total. The van der Waals surface area contributed by atoms with Crippen molar-refractivity contribution in [2.24, 2.45) is 11.5 Å². The van der Waals surface area contributed by atoms with Gasteiger partial charge in [0, 0.05) is 24.2 Å². The molecule has 17 heavy (non-hydrogen) atoms. The number of hydrogen-bond donors (Lipinski definition) is 2. The lowest BCUT2D eigenvalue weighted by atomic mass is 10.1. The van der Waals surface area contributed by atoms with Crippen LogP contribution in [-0.2, 0) is 0 Å². The molecule has 0 spiro atoms. The van der Waals surface area contributed by atoms with Gasteiger partial charge in [0.05, 0.1) is 21.3 Å². The van der Waals surface area contributed by atoms with Gasteiger partial charge in [0.1, 0.15) is 5.75 Å². The molecule has 0 saturated carbocycles. The van der Waals surface area contributed by atoms with Crippen molar-refractivity contribution >= 4 is 12.4 Å². The lowest BCUT2D eigenvalue weighted by Crippen LogP contribution is -2.21. The Balaban J connectivity index is 0.00000256. The molecular weight excluding hydrogens is 244 g/mol. The highest BCUT2D eigenvalue weighted by Gasteiger charge is 2.15. The maximum absolute atomic E-state index is 5.88. The van der Waals surface area contributed by atoms with E-state index in [2.05, 4.69) is 0 Å². The molecule has 0 fully saturated rings. The minimum atomic E-state index is -0.283. The van der Waals surface area contributed by atoms with Crippen molar-refractivity contribution in [1.82, 2.24) is 0 Å².